The first-order chi connectivity index (χ1) is 9.11. The number of fused-ring (bicyclic) bond motifs is 1. The SMILES string of the molecule is Cc1cc2cc(C(=O)Nc3cc(C)on3)ccc2[nH]1. The summed E-state index contributed by atoms with van der Waals surface area (Å²) in [6.07, 6.45) is 0. The zero-order valence-corrected chi connectivity index (χ0v) is 10.7. The third kappa shape index (κ3) is 2.22. The molecule has 1 amide bonds. The predicted molar refractivity (Wildman–Crippen MR) is 72.2 cm³/mol. The summed E-state index contributed by atoms with van der Waals surface area (Å²) in [5.41, 5.74) is 2.68. The highest BCUT2D eigenvalue weighted by Crippen LogP contribution is 2.18. The van der Waals surface area contributed by atoms with Crippen LogP contribution in [-0.2, 0) is 0 Å². The molecule has 0 unspecified atom stereocenters. The van der Waals surface area contributed by atoms with Gasteiger partial charge in [-0.05, 0) is 38.1 Å². The number of carbonyl (C=O) groups excluding carboxylic acids is 1. The van der Waals surface area contributed by atoms with Crippen LogP contribution in [0.5, 0.6) is 0 Å². The lowest BCUT2D eigenvalue weighted by molar-refractivity contribution is 0.102. The average molecular weight is 255 g/mol. The number of hydrogen-bond acceptors (Lipinski definition) is 3. The van der Waals surface area contributed by atoms with Crippen molar-refractivity contribution in [2.75, 3.05) is 5.32 Å². The molecule has 5 nitrogen and oxygen atoms in total. The minimum absolute atomic E-state index is 0.200. The van der Waals surface area contributed by atoms with Crippen molar-refractivity contribution in [3.05, 3.63) is 47.3 Å². The Morgan fingerprint density at radius 2 is 2.11 bits per heavy atom. The van der Waals surface area contributed by atoms with Crippen LogP contribution in [0.2, 0.25) is 0 Å². The molecule has 0 radical (unpaired) electrons. The Labute approximate surface area is 109 Å². The van der Waals surface area contributed by atoms with Gasteiger partial charge >= 0.3 is 0 Å². The third-order valence-corrected chi connectivity index (χ3v) is 2.89. The highest BCUT2D eigenvalue weighted by atomic mass is 16.5. The first-order valence-corrected chi connectivity index (χ1v) is 5.96. The molecule has 0 bridgehead atoms. The molecule has 0 saturated heterocycles. The van der Waals surface area contributed by atoms with Crippen LogP contribution < -0.4 is 5.32 Å². The summed E-state index contributed by atoms with van der Waals surface area (Å²) < 4.78 is 4.91. The molecule has 3 rings (SSSR count). The van der Waals surface area contributed by atoms with Crippen LogP contribution >= 0.6 is 0 Å². The molecule has 5 heteroatoms. The Morgan fingerprint density at radius 1 is 1.26 bits per heavy atom. The summed E-state index contributed by atoms with van der Waals surface area (Å²) in [5, 5.41) is 7.45. The summed E-state index contributed by atoms with van der Waals surface area (Å²) in [6.45, 7) is 3.76. The lowest BCUT2D eigenvalue weighted by Gasteiger charge is -2.01. The second kappa shape index (κ2) is 4.28. The van der Waals surface area contributed by atoms with Crippen LogP contribution in [0.4, 0.5) is 5.82 Å². The summed E-state index contributed by atoms with van der Waals surface area (Å²) in [6, 6.07) is 9.20. The maximum atomic E-state index is 12.1. The van der Waals surface area contributed by atoms with Gasteiger partial charge in [-0.15, -0.1) is 0 Å². The summed E-state index contributed by atoms with van der Waals surface area (Å²) in [7, 11) is 0. The van der Waals surface area contributed by atoms with Gasteiger partial charge in [-0.1, -0.05) is 5.16 Å². The molecular formula is C14H13N3O2. The molecule has 2 N–H and O–H groups in total. The summed E-state index contributed by atoms with van der Waals surface area (Å²) in [5.74, 6) is 0.883. The Morgan fingerprint density at radius 3 is 2.84 bits per heavy atom. The van der Waals surface area contributed by atoms with Crippen LogP contribution in [0.25, 0.3) is 10.9 Å². The van der Waals surface area contributed by atoms with Gasteiger partial charge in [0.2, 0.25) is 0 Å². The first-order valence-electron chi connectivity index (χ1n) is 5.96. The van der Waals surface area contributed by atoms with Crippen LogP contribution in [0, 0.1) is 13.8 Å². The highest BCUT2D eigenvalue weighted by molar-refractivity contribution is 6.05. The van der Waals surface area contributed by atoms with Crippen LogP contribution in [-0.4, -0.2) is 16.0 Å². The monoisotopic (exact) mass is 255 g/mol. The number of carbonyl (C=O) groups is 1. The molecule has 2 heterocycles. The number of rotatable bonds is 2. The molecule has 0 fully saturated rings. The van der Waals surface area contributed by atoms with Crippen molar-refractivity contribution in [2.24, 2.45) is 0 Å². The van der Waals surface area contributed by atoms with Gasteiger partial charge < -0.3 is 14.8 Å². The normalized spacial score (nSPS) is 10.8. The number of hydrogen-bond donors (Lipinski definition) is 2. The van der Waals surface area contributed by atoms with E-state index >= 15 is 0 Å². The Bertz CT molecular complexity index is 755. The molecule has 0 aliphatic rings. The van der Waals surface area contributed by atoms with Crippen LogP contribution in [0.1, 0.15) is 21.8 Å². The van der Waals surface area contributed by atoms with Gasteiger partial charge in [0, 0.05) is 28.2 Å². The van der Waals surface area contributed by atoms with E-state index in [4.69, 9.17) is 4.52 Å². The zero-order chi connectivity index (χ0) is 13.4. The number of nitrogens with zero attached hydrogens (tertiary/aromatic N) is 1. The Hall–Kier alpha value is -2.56. The second-order valence-electron chi connectivity index (χ2n) is 4.53. The van der Waals surface area contributed by atoms with Crippen molar-refractivity contribution in [3.8, 4) is 0 Å². The van der Waals surface area contributed by atoms with Crippen molar-refractivity contribution in [2.45, 2.75) is 13.8 Å². The van der Waals surface area contributed by atoms with E-state index < -0.39 is 0 Å². The fourth-order valence-corrected chi connectivity index (χ4v) is 2.03. The molecular weight excluding hydrogens is 242 g/mol. The molecule has 3 aromatic rings. The van der Waals surface area contributed by atoms with Gasteiger partial charge in [0.15, 0.2) is 5.82 Å². The predicted octanol–water partition coefficient (Wildman–Crippen LogP) is 3.03. The minimum atomic E-state index is -0.200. The first kappa shape index (κ1) is 11.5. The number of aromatic nitrogens is 2. The van der Waals surface area contributed by atoms with E-state index in [9.17, 15) is 4.79 Å². The van der Waals surface area contributed by atoms with Gasteiger partial charge in [0.05, 0.1) is 0 Å². The minimum Gasteiger partial charge on any atom is -0.360 e. The van der Waals surface area contributed by atoms with Gasteiger partial charge in [-0.25, -0.2) is 0 Å². The molecule has 1 aromatic carbocycles. The maximum absolute atomic E-state index is 12.1. The molecule has 0 aliphatic heterocycles. The third-order valence-electron chi connectivity index (χ3n) is 2.89. The zero-order valence-electron chi connectivity index (χ0n) is 10.7. The molecule has 19 heavy (non-hydrogen) atoms. The summed E-state index contributed by atoms with van der Waals surface area (Å²) >= 11 is 0. The number of H-pyrrole nitrogens is 1. The smallest absolute Gasteiger partial charge is 0.256 e. The van der Waals surface area contributed by atoms with E-state index in [0.717, 1.165) is 16.6 Å². The van der Waals surface area contributed by atoms with Crippen LogP contribution in [0.15, 0.2) is 34.9 Å². The fourth-order valence-electron chi connectivity index (χ4n) is 2.03. The Balaban J connectivity index is 1.88. The number of nitrogens with one attached hydrogen (secondary N) is 2. The second-order valence-corrected chi connectivity index (χ2v) is 4.53. The van der Waals surface area contributed by atoms with E-state index in [2.05, 4.69) is 15.5 Å². The van der Waals surface area contributed by atoms with E-state index in [0.29, 0.717) is 17.1 Å². The van der Waals surface area contributed by atoms with Crippen LogP contribution in [0.3, 0.4) is 0 Å². The average Bonchev–Trinajstić information content (AvgIpc) is 2.93. The van der Waals surface area contributed by atoms with E-state index in [1.165, 1.54) is 0 Å². The fraction of sp³-hybridized carbons (Fsp3) is 0.143. The van der Waals surface area contributed by atoms with Crippen molar-refractivity contribution in [1.29, 1.82) is 0 Å². The number of benzene rings is 1. The van der Waals surface area contributed by atoms with Gasteiger partial charge in [0.1, 0.15) is 5.76 Å². The number of anilines is 1. The molecule has 0 atom stereocenters. The van der Waals surface area contributed by atoms with Crippen molar-refractivity contribution in [1.82, 2.24) is 10.1 Å². The molecule has 0 aliphatic carbocycles. The lowest BCUT2D eigenvalue weighted by Crippen LogP contribution is -2.11. The largest absolute Gasteiger partial charge is 0.360 e. The quantitative estimate of drug-likeness (QED) is 0.739. The lowest BCUT2D eigenvalue weighted by atomic mass is 10.1. The van der Waals surface area contributed by atoms with E-state index in [1.807, 2.05) is 25.1 Å². The maximum Gasteiger partial charge on any atom is 0.256 e. The summed E-state index contributed by atoms with van der Waals surface area (Å²) in [4.78, 5) is 15.3. The molecule has 96 valence electrons. The van der Waals surface area contributed by atoms with E-state index in [-0.39, 0.29) is 5.91 Å². The van der Waals surface area contributed by atoms with Crippen molar-refractivity contribution in [3.63, 3.8) is 0 Å². The van der Waals surface area contributed by atoms with E-state index in [1.54, 1.807) is 19.1 Å². The number of aryl methyl sites for hydroxylation is 2. The van der Waals surface area contributed by atoms with Gasteiger partial charge in [0.25, 0.3) is 5.91 Å². The number of amides is 1. The van der Waals surface area contributed by atoms with Gasteiger partial charge in [-0.3, -0.25) is 4.79 Å². The highest BCUT2D eigenvalue weighted by Gasteiger charge is 2.10. The molecule has 0 spiro atoms. The Kier molecular flexibility index (Phi) is 2.59. The van der Waals surface area contributed by atoms with Crippen molar-refractivity contribution >= 4 is 22.6 Å². The topological polar surface area (TPSA) is 70.9 Å². The van der Waals surface area contributed by atoms with Gasteiger partial charge in [-0.2, -0.15) is 0 Å². The molecule has 2 aromatic heterocycles. The number of aromatic amines is 1. The standard InChI is InChI=1S/C14H13N3O2/c1-8-5-11-7-10(3-4-12(11)15-8)14(18)16-13-6-9(2)19-17-13/h3-7,15H,1-2H3,(H,16,17,18). The van der Waals surface area contributed by atoms with Crippen molar-refractivity contribution < 1.29 is 9.32 Å². The molecule has 0 saturated carbocycles.